The molecule has 2 aromatic heterocycles. The summed E-state index contributed by atoms with van der Waals surface area (Å²) < 4.78 is 32.6. The zero-order valence-corrected chi connectivity index (χ0v) is 15.2. The van der Waals surface area contributed by atoms with E-state index >= 15 is 0 Å². The Balaban J connectivity index is 1.94. The highest BCUT2D eigenvalue weighted by Gasteiger charge is 2.22. The standard InChI is InChI=1S/C15H12N2O5S3/c1-22-11-5-4-9(14(18)19)7-13(11)25(20,21)17-15-16-10(8-24-15)12-3-2-6-23-12/h2-8H,1H3,(H,16,17)(H,18,19)/p-1. The minimum absolute atomic E-state index is 0.0209. The van der Waals surface area contributed by atoms with Crippen molar-refractivity contribution in [2.75, 3.05) is 11.8 Å². The zero-order valence-electron chi connectivity index (χ0n) is 12.8. The van der Waals surface area contributed by atoms with Crippen molar-refractivity contribution in [2.24, 2.45) is 0 Å². The van der Waals surface area contributed by atoms with Crippen molar-refractivity contribution >= 4 is 43.8 Å². The van der Waals surface area contributed by atoms with E-state index in [-0.39, 0.29) is 21.3 Å². The van der Waals surface area contributed by atoms with Gasteiger partial charge in [0.25, 0.3) is 10.0 Å². The number of thiophene rings is 1. The van der Waals surface area contributed by atoms with Gasteiger partial charge in [0.1, 0.15) is 10.6 Å². The van der Waals surface area contributed by atoms with Crippen LogP contribution in [0.2, 0.25) is 0 Å². The Labute approximate surface area is 151 Å². The quantitative estimate of drug-likeness (QED) is 0.684. The van der Waals surface area contributed by atoms with Crippen LogP contribution in [-0.4, -0.2) is 26.5 Å². The molecule has 0 saturated carbocycles. The van der Waals surface area contributed by atoms with Crippen LogP contribution < -0.4 is 14.6 Å². The average molecular weight is 395 g/mol. The second-order valence-corrected chi connectivity index (χ2v) is 8.23. The fraction of sp³-hybridized carbons (Fsp3) is 0.0667. The third-order valence-electron chi connectivity index (χ3n) is 3.19. The molecule has 0 atom stereocenters. The number of carboxylic acid groups (broad SMARTS) is 1. The first-order valence-electron chi connectivity index (χ1n) is 6.82. The number of ether oxygens (including phenoxy) is 1. The number of hydrogen-bond acceptors (Lipinski definition) is 8. The summed E-state index contributed by atoms with van der Waals surface area (Å²) in [6, 6.07) is 7.22. The van der Waals surface area contributed by atoms with E-state index < -0.39 is 16.0 Å². The smallest absolute Gasteiger partial charge is 0.267 e. The molecule has 130 valence electrons. The predicted octanol–water partition coefficient (Wildman–Crippen LogP) is 2.04. The SMILES string of the molecule is COc1ccc(C(=O)[O-])cc1S(=O)(=O)Nc1nc(-c2cccs2)cs1. The number of nitrogens with one attached hydrogen (secondary N) is 1. The third-order valence-corrected chi connectivity index (χ3v) is 6.33. The first kappa shape index (κ1) is 17.4. The molecule has 0 bridgehead atoms. The molecule has 3 aromatic rings. The second kappa shape index (κ2) is 6.82. The van der Waals surface area contributed by atoms with E-state index in [0.717, 1.165) is 22.3 Å². The van der Waals surface area contributed by atoms with Crippen LogP contribution in [0.3, 0.4) is 0 Å². The Hall–Kier alpha value is -2.43. The molecule has 0 unspecified atom stereocenters. The topological polar surface area (TPSA) is 108 Å². The Morgan fingerprint density at radius 3 is 2.72 bits per heavy atom. The summed E-state index contributed by atoms with van der Waals surface area (Å²) in [5.74, 6) is -1.46. The van der Waals surface area contributed by atoms with Gasteiger partial charge in [-0.05, 0) is 35.2 Å². The van der Waals surface area contributed by atoms with E-state index in [0.29, 0.717) is 5.69 Å². The molecule has 0 aliphatic rings. The number of nitrogens with zero attached hydrogens (tertiary/aromatic N) is 1. The van der Waals surface area contributed by atoms with Gasteiger partial charge < -0.3 is 14.6 Å². The molecule has 0 amide bonds. The van der Waals surface area contributed by atoms with Crippen LogP contribution in [0.4, 0.5) is 5.13 Å². The molecule has 7 nitrogen and oxygen atoms in total. The lowest BCUT2D eigenvalue weighted by atomic mass is 10.2. The normalized spacial score (nSPS) is 11.2. The third kappa shape index (κ3) is 3.65. The maximum Gasteiger partial charge on any atom is 0.267 e. The van der Waals surface area contributed by atoms with E-state index in [1.165, 1.54) is 30.6 Å². The molecule has 1 N–H and O–H groups in total. The van der Waals surface area contributed by atoms with Crippen molar-refractivity contribution in [1.29, 1.82) is 0 Å². The maximum absolute atomic E-state index is 12.6. The lowest BCUT2D eigenvalue weighted by molar-refractivity contribution is -0.255. The van der Waals surface area contributed by atoms with Gasteiger partial charge in [-0.15, -0.1) is 22.7 Å². The molecule has 0 spiro atoms. The van der Waals surface area contributed by atoms with Crippen molar-refractivity contribution in [3.05, 3.63) is 46.7 Å². The molecule has 25 heavy (non-hydrogen) atoms. The van der Waals surface area contributed by atoms with Crippen molar-refractivity contribution in [3.8, 4) is 16.3 Å². The Morgan fingerprint density at radius 1 is 1.28 bits per heavy atom. The summed E-state index contributed by atoms with van der Waals surface area (Å²) in [5, 5.41) is 14.8. The largest absolute Gasteiger partial charge is 0.545 e. The molecule has 3 rings (SSSR count). The highest BCUT2D eigenvalue weighted by molar-refractivity contribution is 7.93. The molecular weight excluding hydrogens is 384 g/mol. The van der Waals surface area contributed by atoms with Gasteiger partial charge in [-0.1, -0.05) is 6.07 Å². The van der Waals surface area contributed by atoms with Crippen molar-refractivity contribution in [1.82, 2.24) is 4.98 Å². The van der Waals surface area contributed by atoms with Gasteiger partial charge in [-0.25, -0.2) is 13.4 Å². The van der Waals surface area contributed by atoms with E-state index in [9.17, 15) is 18.3 Å². The fourth-order valence-corrected chi connectivity index (χ4v) is 4.96. The lowest BCUT2D eigenvalue weighted by Gasteiger charge is -2.12. The number of methoxy groups -OCH3 is 1. The van der Waals surface area contributed by atoms with Crippen LogP contribution >= 0.6 is 22.7 Å². The summed E-state index contributed by atoms with van der Waals surface area (Å²) in [6.45, 7) is 0. The minimum atomic E-state index is -4.08. The molecule has 1 aromatic carbocycles. The zero-order chi connectivity index (χ0) is 18.0. The molecule has 0 saturated heterocycles. The predicted molar refractivity (Wildman–Crippen MR) is 93.6 cm³/mol. The van der Waals surface area contributed by atoms with Gasteiger partial charge in [0.2, 0.25) is 0 Å². The number of benzene rings is 1. The van der Waals surface area contributed by atoms with Gasteiger partial charge in [-0.3, -0.25) is 4.72 Å². The van der Waals surface area contributed by atoms with Crippen LogP contribution in [0, 0.1) is 0 Å². The van der Waals surface area contributed by atoms with Crippen LogP contribution in [-0.2, 0) is 10.0 Å². The number of hydrogen-bond donors (Lipinski definition) is 1. The van der Waals surface area contributed by atoms with Gasteiger partial charge in [0.15, 0.2) is 5.13 Å². The highest BCUT2D eigenvalue weighted by Crippen LogP contribution is 2.31. The second-order valence-electron chi connectivity index (χ2n) is 4.77. The van der Waals surface area contributed by atoms with E-state index in [2.05, 4.69) is 9.71 Å². The minimum Gasteiger partial charge on any atom is -0.545 e. The fourth-order valence-electron chi connectivity index (χ4n) is 2.04. The summed E-state index contributed by atoms with van der Waals surface area (Å²) >= 11 is 2.62. The summed E-state index contributed by atoms with van der Waals surface area (Å²) in [6.07, 6.45) is 0. The molecule has 0 aliphatic carbocycles. The van der Waals surface area contributed by atoms with E-state index in [4.69, 9.17) is 4.74 Å². The average Bonchev–Trinajstić information content (AvgIpc) is 3.25. The molecule has 2 heterocycles. The Morgan fingerprint density at radius 2 is 2.08 bits per heavy atom. The van der Waals surface area contributed by atoms with Crippen LogP contribution in [0.5, 0.6) is 5.75 Å². The van der Waals surface area contributed by atoms with Crippen molar-refractivity contribution in [2.45, 2.75) is 4.90 Å². The number of carbonyl (C=O) groups is 1. The van der Waals surface area contributed by atoms with Gasteiger partial charge >= 0.3 is 0 Å². The van der Waals surface area contributed by atoms with Gasteiger partial charge in [-0.2, -0.15) is 0 Å². The van der Waals surface area contributed by atoms with Crippen molar-refractivity contribution in [3.63, 3.8) is 0 Å². The monoisotopic (exact) mass is 395 g/mol. The van der Waals surface area contributed by atoms with Crippen LogP contribution in [0.1, 0.15) is 10.4 Å². The molecule has 10 heteroatoms. The lowest BCUT2D eigenvalue weighted by Crippen LogP contribution is -2.23. The molecule has 0 radical (unpaired) electrons. The number of carboxylic acids is 1. The number of thiazole rings is 1. The van der Waals surface area contributed by atoms with E-state index in [1.54, 1.807) is 5.38 Å². The van der Waals surface area contributed by atoms with Gasteiger partial charge in [0, 0.05) is 5.38 Å². The summed E-state index contributed by atoms with van der Waals surface area (Å²) in [4.78, 5) is 15.9. The number of aromatic carboxylic acids is 1. The summed E-state index contributed by atoms with van der Waals surface area (Å²) in [7, 11) is -2.79. The molecular formula is C15H11N2O5S3-. The number of rotatable bonds is 6. The Bertz CT molecular complexity index is 1010. The van der Waals surface area contributed by atoms with E-state index in [1.807, 2.05) is 17.5 Å². The number of carbonyl (C=O) groups excluding carboxylic acids is 1. The van der Waals surface area contributed by atoms with Crippen LogP contribution in [0.15, 0.2) is 46.0 Å². The first-order chi connectivity index (χ1) is 11.9. The number of aromatic nitrogens is 1. The number of anilines is 1. The van der Waals surface area contributed by atoms with Gasteiger partial charge in [0.05, 0.1) is 23.7 Å². The highest BCUT2D eigenvalue weighted by atomic mass is 32.2. The molecule has 0 fully saturated rings. The summed E-state index contributed by atoms with van der Waals surface area (Å²) in [5.41, 5.74) is 0.396. The number of sulfonamides is 1. The Kier molecular flexibility index (Phi) is 4.75. The first-order valence-corrected chi connectivity index (χ1v) is 10.1. The van der Waals surface area contributed by atoms with Crippen molar-refractivity contribution < 1.29 is 23.1 Å². The van der Waals surface area contributed by atoms with Crippen LogP contribution in [0.25, 0.3) is 10.6 Å². The molecule has 0 aliphatic heterocycles. The maximum atomic E-state index is 12.6.